The van der Waals surface area contributed by atoms with Crippen LogP contribution >= 0.6 is 0 Å². The first-order chi connectivity index (χ1) is 11.0. The van der Waals surface area contributed by atoms with Crippen molar-refractivity contribution in [2.75, 3.05) is 25.1 Å². The monoisotopic (exact) mass is 321 g/mol. The lowest BCUT2D eigenvalue weighted by Crippen LogP contribution is -2.51. The fraction of sp³-hybridized carbons (Fsp3) is 0.400. The summed E-state index contributed by atoms with van der Waals surface area (Å²) in [6.07, 6.45) is 0.793. The molecule has 2 aliphatic rings. The molecule has 2 fully saturated rings. The van der Waals surface area contributed by atoms with Crippen molar-refractivity contribution >= 4 is 23.5 Å². The highest BCUT2D eigenvalue weighted by Gasteiger charge is 2.52. The van der Waals surface area contributed by atoms with Crippen LogP contribution in [0.4, 0.5) is 14.9 Å². The van der Waals surface area contributed by atoms with E-state index in [-0.39, 0.29) is 6.54 Å². The van der Waals surface area contributed by atoms with Gasteiger partial charge in [-0.25, -0.2) is 9.18 Å². The van der Waals surface area contributed by atoms with Crippen molar-refractivity contribution in [2.24, 2.45) is 0 Å². The summed E-state index contributed by atoms with van der Waals surface area (Å²) in [6.45, 7) is 0.397. The van der Waals surface area contributed by atoms with Gasteiger partial charge in [-0.1, -0.05) is 0 Å². The number of urea groups is 1. The first-order valence-corrected chi connectivity index (χ1v) is 7.27. The molecule has 1 spiro atoms. The molecule has 0 bridgehead atoms. The van der Waals surface area contributed by atoms with Gasteiger partial charge in [-0.3, -0.25) is 14.5 Å². The predicted octanol–water partition coefficient (Wildman–Crippen LogP) is 0.865. The highest BCUT2D eigenvalue weighted by atomic mass is 19.1. The standard InChI is InChI=1S/C15H16FN3O4/c16-10-1-3-11(4-2-10)17-12(20)9-19-13(21)15(18-14(19)22)5-7-23-8-6-15/h1-4H,5-9H2,(H,17,20)(H,18,22). The molecule has 2 saturated heterocycles. The molecule has 122 valence electrons. The molecule has 2 heterocycles. The van der Waals surface area contributed by atoms with Crippen molar-refractivity contribution in [2.45, 2.75) is 18.4 Å². The summed E-state index contributed by atoms with van der Waals surface area (Å²) in [5.41, 5.74) is -0.560. The number of amides is 4. The predicted molar refractivity (Wildman–Crippen MR) is 78.1 cm³/mol. The Balaban J connectivity index is 1.65. The fourth-order valence-corrected chi connectivity index (χ4v) is 2.76. The molecule has 2 aliphatic heterocycles. The van der Waals surface area contributed by atoms with Crippen LogP contribution in [0.5, 0.6) is 0 Å². The molecule has 8 heteroatoms. The zero-order valence-electron chi connectivity index (χ0n) is 12.3. The van der Waals surface area contributed by atoms with Gasteiger partial charge in [0.1, 0.15) is 17.9 Å². The second-order valence-corrected chi connectivity index (χ2v) is 5.57. The van der Waals surface area contributed by atoms with Gasteiger partial charge in [0.05, 0.1) is 0 Å². The molecule has 0 aromatic heterocycles. The number of carbonyl (C=O) groups excluding carboxylic acids is 3. The van der Waals surface area contributed by atoms with Crippen LogP contribution in [0, 0.1) is 5.82 Å². The van der Waals surface area contributed by atoms with E-state index in [1.54, 1.807) is 0 Å². The maximum absolute atomic E-state index is 12.8. The van der Waals surface area contributed by atoms with Crippen molar-refractivity contribution in [1.82, 2.24) is 10.2 Å². The smallest absolute Gasteiger partial charge is 0.325 e. The molecule has 0 aliphatic carbocycles. The van der Waals surface area contributed by atoms with Crippen LogP contribution in [0.1, 0.15) is 12.8 Å². The fourth-order valence-electron chi connectivity index (χ4n) is 2.76. The van der Waals surface area contributed by atoms with Gasteiger partial charge in [0.15, 0.2) is 0 Å². The topological polar surface area (TPSA) is 87.7 Å². The third-order valence-corrected chi connectivity index (χ3v) is 4.02. The molecule has 0 radical (unpaired) electrons. The van der Waals surface area contributed by atoms with Crippen LogP contribution in [0.2, 0.25) is 0 Å². The summed E-state index contributed by atoms with van der Waals surface area (Å²) >= 11 is 0. The van der Waals surface area contributed by atoms with Gasteiger partial charge in [-0.15, -0.1) is 0 Å². The Morgan fingerprint density at radius 3 is 2.57 bits per heavy atom. The first-order valence-electron chi connectivity index (χ1n) is 7.27. The highest BCUT2D eigenvalue weighted by Crippen LogP contribution is 2.28. The van der Waals surface area contributed by atoms with Crippen LogP contribution in [0.3, 0.4) is 0 Å². The van der Waals surface area contributed by atoms with E-state index < -0.39 is 29.2 Å². The van der Waals surface area contributed by atoms with Gasteiger partial charge < -0.3 is 15.4 Å². The van der Waals surface area contributed by atoms with E-state index in [1.165, 1.54) is 24.3 Å². The van der Waals surface area contributed by atoms with Crippen LogP contribution in [-0.2, 0) is 14.3 Å². The lowest BCUT2D eigenvalue weighted by Gasteiger charge is -2.30. The molecule has 7 nitrogen and oxygen atoms in total. The average molecular weight is 321 g/mol. The molecular weight excluding hydrogens is 305 g/mol. The lowest BCUT2D eigenvalue weighted by molar-refractivity contribution is -0.136. The maximum atomic E-state index is 12.8. The number of imide groups is 1. The van der Waals surface area contributed by atoms with Crippen LogP contribution < -0.4 is 10.6 Å². The van der Waals surface area contributed by atoms with E-state index in [1.807, 2.05) is 0 Å². The molecule has 23 heavy (non-hydrogen) atoms. The quantitative estimate of drug-likeness (QED) is 0.809. The van der Waals surface area contributed by atoms with Crippen molar-refractivity contribution in [1.29, 1.82) is 0 Å². The van der Waals surface area contributed by atoms with Gasteiger partial charge in [0.25, 0.3) is 5.91 Å². The van der Waals surface area contributed by atoms with E-state index in [0.717, 1.165) is 4.90 Å². The molecule has 1 aromatic carbocycles. The Hall–Kier alpha value is -2.48. The Labute approximate surface area is 131 Å². The number of nitrogens with zero attached hydrogens (tertiary/aromatic N) is 1. The van der Waals surface area contributed by atoms with Gasteiger partial charge in [-0.05, 0) is 24.3 Å². The van der Waals surface area contributed by atoms with E-state index in [0.29, 0.717) is 31.7 Å². The summed E-state index contributed by atoms with van der Waals surface area (Å²) in [5.74, 6) is -1.34. The minimum Gasteiger partial charge on any atom is -0.381 e. The van der Waals surface area contributed by atoms with E-state index >= 15 is 0 Å². The van der Waals surface area contributed by atoms with E-state index in [2.05, 4.69) is 10.6 Å². The molecule has 4 amide bonds. The summed E-state index contributed by atoms with van der Waals surface area (Å²) < 4.78 is 18.0. The first kappa shape index (κ1) is 15.4. The van der Waals surface area contributed by atoms with Gasteiger partial charge in [0, 0.05) is 31.7 Å². The molecule has 0 unspecified atom stereocenters. The van der Waals surface area contributed by atoms with Crippen LogP contribution in [-0.4, -0.2) is 48.0 Å². The SMILES string of the molecule is O=C(CN1C(=O)NC2(CCOCC2)C1=O)Nc1ccc(F)cc1. The van der Waals surface area contributed by atoms with E-state index in [4.69, 9.17) is 4.74 Å². The number of ether oxygens (including phenoxy) is 1. The van der Waals surface area contributed by atoms with Crippen molar-refractivity contribution in [3.05, 3.63) is 30.1 Å². The molecule has 0 atom stereocenters. The second kappa shape index (κ2) is 5.96. The van der Waals surface area contributed by atoms with Crippen LogP contribution in [0.15, 0.2) is 24.3 Å². The zero-order chi connectivity index (χ0) is 16.4. The number of halogens is 1. The van der Waals surface area contributed by atoms with E-state index in [9.17, 15) is 18.8 Å². The maximum Gasteiger partial charge on any atom is 0.325 e. The molecule has 1 aromatic rings. The Kier molecular flexibility index (Phi) is 3.99. The number of carbonyl (C=O) groups is 3. The molecule has 0 saturated carbocycles. The number of hydrogen-bond acceptors (Lipinski definition) is 4. The Bertz CT molecular complexity index is 641. The lowest BCUT2D eigenvalue weighted by atomic mass is 9.90. The zero-order valence-corrected chi connectivity index (χ0v) is 12.3. The number of benzene rings is 1. The minimum atomic E-state index is -0.953. The van der Waals surface area contributed by atoms with Crippen molar-refractivity contribution in [3.63, 3.8) is 0 Å². The number of nitrogens with one attached hydrogen (secondary N) is 2. The minimum absolute atomic E-state index is 0.384. The summed E-state index contributed by atoms with van der Waals surface area (Å²) in [6, 6.07) is 4.64. The van der Waals surface area contributed by atoms with Gasteiger partial charge >= 0.3 is 6.03 Å². The highest BCUT2D eigenvalue weighted by molar-refractivity contribution is 6.10. The average Bonchev–Trinajstić information content (AvgIpc) is 2.75. The summed E-state index contributed by atoms with van der Waals surface area (Å²) in [7, 11) is 0. The van der Waals surface area contributed by atoms with Crippen molar-refractivity contribution in [3.8, 4) is 0 Å². The van der Waals surface area contributed by atoms with Gasteiger partial charge in [-0.2, -0.15) is 0 Å². The van der Waals surface area contributed by atoms with Gasteiger partial charge in [0.2, 0.25) is 5.91 Å². The summed E-state index contributed by atoms with van der Waals surface area (Å²) in [4.78, 5) is 37.4. The third-order valence-electron chi connectivity index (χ3n) is 4.02. The van der Waals surface area contributed by atoms with Crippen molar-refractivity contribution < 1.29 is 23.5 Å². The largest absolute Gasteiger partial charge is 0.381 e. The molecular formula is C15H16FN3O4. The second-order valence-electron chi connectivity index (χ2n) is 5.57. The Morgan fingerprint density at radius 2 is 1.91 bits per heavy atom. The number of hydrogen-bond donors (Lipinski definition) is 2. The third kappa shape index (κ3) is 3.02. The molecule has 3 rings (SSSR count). The Morgan fingerprint density at radius 1 is 1.26 bits per heavy atom. The normalized spacial score (nSPS) is 19.8. The van der Waals surface area contributed by atoms with Crippen LogP contribution in [0.25, 0.3) is 0 Å². The molecule has 2 N–H and O–H groups in total. The number of anilines is 1. The summed E-state index contributed by atoms with van der Waals surface area (Å²) in [5, 5.41) is 5.20. The number of rotatable bonds is 3.